The first kappa shape index (κ1) is 25.0. The van der Waals surface area contributed by atoms with E-state index in [-0.39, 0.29) is 12.5 Å². The first-order valence-corrected chi connectivity index (χ1v) is 11.8. The summed E-state index contributed by atoms with van der Waals surface area (Å²) in [7, 11) is 3.10. The molecule has 36 heavy (non-hydrogen) atoms. The maximum absolute atomic E-state index is 13.0. The number of hydrogen-bond acceptors (Lipinski definition) is 7. The van der Waals surface area contributed by atoms with Crippen LogP contribution in [0.2, 0.25) is 0 Å². The van der Waals surface area contributed by atoms with Crippen LogP contribution in [-0.4, -0.2) is 39.0 Å². The number of methoxy groups -OCH3 is 2. The van der Waals surface area contributed by atoms with E-state index >= 15 is 0 Å². The van der Waals surface area contributed by atoms with Crippen LogP contribution in [0.25, 0.3) is 6.08 Å². The topological polar surface area (TPSA) is 107 Å². The van der Waals surface area contributed by atoms with Crippen molar-refractivity contribution in [2.24, 2.45) is 5.10 Å². The smallest absolute Gasteiger partial charge is 0.287 e. The van der Waals surface area contributed by atoms with Crippen molar-refractivity contribution in [1.82, 2.24) is 10.7 Å². The zero-order valence-corrected chi connectivity index (χ0v) is 21.6. The van der Waals surface area contributed by atoms with Crippen LogP contribution in [0.4, 0.5) is 0 Å². The number of rotatable bonds is 8. The Balaban J connectivity index is 1.56. The summed E-state index contributed by atoms with van der Waals surface area (Å²) in [5, 5.41) is 6.72. The van der Waals surface area contributed by atoms with Gasteiger partial charge in [-0.15, -0.1) is 0 Å². The minimum atomic E-state index is -0.608. The van der Waals surface area contributed by atoms with Gasteiger partial charge in [0.2, 0.25) is 6.79 Å². The Morgan fingerprint density at radius 1 is 0.972 bits per heavy atom. The molecule has 0 radical (unpaired) electrons. The molecule has 2 amide bonds. The molecule has 9 nitrogen and oxygen atoms in total. The summed E-state index contributed by atoms with van der Waals surface area (Å²) in [4.78, 5) is 25.8. The molecule has 0 aliphatic carbocycles. The zero-order valence-electron chi connectivity index (χ0n) is 19.4. The summed E-state index contributed by atoms with van der Waals surface area (Å²) in [6, 6.07) is 17.4. The van der Waals surface area contributed by atoms with Crippen molar-refractivity contribution >= 4 is 46.7 Å². The average molecular weight is 599 g/mol. The van der Waals surface area contributed by atoms with Gasteiger partial charge in [-0.25, -0.2) is 5.43 Å². The van der Waals surface area contributed by atoms with E-state index in [2.05, 4.69) is 38.4 Å². The first-order valence-electron chi connectivity index (χ1n) is 10.7. The Morgan fingerprint density at radius 2 is 1.75 bits per heavy atom. The summed E-state index contributed by atoms with van der Waals surface area (Å²) < 4.78 is 22.3. The Bertz CT molecular complexity index is 1340. The van der Waals surface area contributed by atoms with Gasteiger partial charge in [-0.2, -0.15) is 5.10 Å². The summed E-state index contributed by atoms with van der Waals surface area (Å²) in [6.07, 6.45) is 3.01. The number of nitrogens with one attached hydrogen (secondary N) is 2. The fourth-order valence-corrected chi connectivity index (χ4v) is 4.20. The van der Waals surface area contributed by atoms with E-state index in [1.165, 1.54) is 12.3 Å². The number of fused-ring (bicyclic) bond motifs is 1. The average Bonchev–Trinajstić information content (AvgIpc) is 3.36. The minimum absolute atomic E-state index is 0.00163. The Hall–Kier alpha value is -4.06. The molecule has 3 aromatic carbocycles. The van der Waals surface area contributed by atoms with Crippen molar-refractivity contribution in [3.8, 4) is 23.0 Å². The standard InChI is InChI=1S/C26H22IN3O6/c1-33-23-13-17(10-19(27)24(23)34-2)14-28-30-26(32)20(29-25(31)18-6-4-3-5-7-18)11-16-8-9-21-22(12-16)36-15-35-21/h3-14H,15H2,1-2H3,(H,29,31)(H,30,32)/b20-11+,28-14+. The zero-order chi connectivity index (χ0) is 25.5. The van der Waals surface area contributed by atoms with Crippen LogP contribution in [0.1, 0.15) is 21.5 Å². The van der Waals surface area contributed by atoms with Gasteiger partial charge in [0.25, 0.3) is 11.8 Å². The molecule has 0 unspecified atom stereocenters. The molecule has 3 aromatic rings. The molecule has 0 bridgehead atoms. The van der Waals surface area contributed by atoms with Crippen LogP contribution in [0.5, 0.6) is 23.0 Å². The van der Waals surface area contributed by atoms with Gasteiger partial charge < -0.3 is 24.3 Å². The summed E-state index contributed by atoms with van der Waals surface area (Å²) >= 11 is 2.12. The van der Waals surface area contributed by atoms with E-state index in [1.807, 2.05) is 6.07 Å². The number of amides is 2. The molecule has 0 saturated heterocycles. The normalized spacial score (nSPS) is 12.4. The molecule has 0 fully saturated rings. The van der Waals surface area contributed by atoms with Crippen LogP contribution < -0.4 is 29.7 Å². The molecule has 1 heterocycles. The third-order valence-electron chi connectivity index (χ3n) is 5.07. The summed E-state index contributed by atoms with van der Waals surface area (Å²) in [6.45, 7) is 0.129. The van der Waals surface area contributed by atoms with Gasteiger partial charge in [-0.05, 0) is 76.2 Å². The molecule has 1 aliphatic heterocycles. The highest BCUT2D eigenvalue weighted by atomic mass is 127. The highest BCUT2D eigenvalue weighted by Crippen LogP contribution is 2.34. The van der Waals surface area contributed by atoms with E-state index in [9.17, 15) is 9.59 Å². The number of benzene rings is 3. The molecule has 0 saturated carbocycles. The Kier molecular flexibility index (Phi) is 8.06. The second-order valence-electron chi connectivity index (χ2n) is 7.43. The van der Waals surface area contributed by atoms with Gasteiger partial charge >= 0.3 is 0 Å². The number of hydrazone groups is 1. The van der Waals surface area contributed by atoms with Crippen molar-refractivity contribution in [3.63, 3.8) is 0 Å². The highest BCUT2D eigenvalue weighted by molar-refractivity contribution is 14.1. The number of hydrogen-bond donors (Lipinski definition) is 2. The lowest BCUT2D eigenvalue weighted by Gasteiger charge is -2.11. The monoisotopic (exact) mass is 599 g/mol. The minimum Gasteiger partial charge on any atom is -0.493 e. The molecule has 0 atom stereocenters. The van der Waals surface area contributed by atoms with Crippen LogP contribution in [0.15, 0.2) is 71.5 Å². The molecule has 4 rings (SSSR count). The largest absolute Gasteiger partial charge is 0.493 e. The lowest BCUT2D eigenvalue weighted by molar-refractivity contribution is -0.117. The van der Waals surface area contributed by atoms with Crippen molar-refractivity contribution in [3.05, 3.63) is 86.6 Å². The van der Waals surface area contributed by atoms with E-state index in [4.69, 9.17) is 18.9 Å². The molecule has 0 spiro atoms. The SMILES string of the molecule is COc1cc(/C=N/NC(=O)/C(=C\c2ccc3c(c2)OCO3)NC(=O)c2ccccc2)cc(I)c1OC. The molecule has 10 heteroatoms. The van der Waals surface area contributed by atoms with Crippen molar-refractivity contribution in [1.29, 1.82) is 0 Å². The molecular weight excluding hydrogens is 577 g/mol. The number of carbonyl (C=O) groups excluding carboxylic acids is 2. The van der Waals surface area contributed by atoms with E-state index in [0.717, 1.165) is 3.57 Å². The van der Waals surface area contributed by atoms with E-state index < -0.39 is 11.8 Å². The van der Waals surface area contributed by atoms with Gasteiger partial charge in [0, 0.05) is 5.56 Å². The maximum atomic E-state index is 13.0. The molecule has 1 aliphatic rings. The van der Waals surface area contributed by atoms with Crippen LogP contribution >= 0.6 is 22.6 Å². The van der Waals surface area contributed by atoms with Crippen molar-refractivity contribution in [2.45, 2.75) is 0 Å². The Labute approximate surface area is 221 Å². The lowest BCUT2D eigenvalue weighted by atomic mass is 10.1. The first-order chi connectivity index (χ1) is 17.5. The van der Waals surface area contributed by atoms with Gasteiger partial charge in [-0.1, -0.05) is 24.3 Å². The number of nitrogens with zero attached hydrogens (tertiary/aromatic N) is 1. The fourth-order valence-electron chi connectivity index (χ4n) is 3.35. The third-order valence-corrected chi connectivity index (χ3v) is 5.87. The summed E-state index contributed by atoms with van der Waals surface area (Å²) in [5.74, 6) is 1.27. The Morgan fingerprint density at radius 3 is 2.50 bits per heavy atom. The third kappa shape index (κ3) is 5.95. The summed E-state index contributed by atoms with van der Waals surface area (Å²) in [5.41, 5.74) is 4.19. The van der Waals surface area contributed by atoms with E-state index in [0.29, 0.717) is 39.7 Å². The van der Waals surface area contributed by atoms with Crippen LogP contribution in [0.3, 0.4) is 0 Å². The quantitative estimate of drug-likeness (QED) is 0.176. The maximum Gasteiger partial charge on any atom is 0.287 e. The molecule has 2 N–H and O–H groups in total. The molecule has 0 aromatic heterocycles. The fraction of sp³-hybridized carbons (Fsp3) is 0.115. The van der Waals surface area contributed by atoms with Gasteiger partial charge in [-0.3, -0.25) is 9.59 Å². The van der Waals surface area contributed by atoms with E-state index in [1.54, 1.807) is 68.8 Å². The lowest BCUT2D eigenvalue weighted by Crippen LogP contribution is -2.32. The van der Waals surface area contributed by atoms with Gasteiger partial charge in [0.05, 0.1) is 24.0 Å². The number of ether oxygens (including phenoxy) is 4. The van der Waals surface area contributed by atoms with Crippen LogP contribution in [-0.2, 0) is 4.79 Å². The van der Waals surface area contributed by atoms with Crippen molar-refractivity contribution < 1.29 is 28.5 Å². The van der Waals surface area contributed by atoms with Gasteiger partial charge in [0.15, 0.2) is 23.0 Å². The van der Waals surface area contributed by atoms with Gasteiger partial charge in [0.1, 0.15) is 5.70 Å². The highest BCUT2D eigenvalue weighted by Gasteiger charge is 2.17. The van der Waals surface area contributed by atoms with Crippen LogP contribution in [0, 0.1) is 3.57 Å². The number of halogens is 1. The molecule has 184 valence electrons. The predicted molar refractivity (Wildman–Crippen MR) is 142 cm³/mol. The predicted octanol–water partition coefficient (Wildman–Crippen LogP) is 3.96. The second kappa shape index (κ2) is 11.6. The second-order valence-corrected chi connectivity index (χ2v) is 8.59. The van der Waals surface area contributed by atoms with Crippen molar-refractivity contribution in [2.75, 3.05) is 21.0 Å². The molecular formula is C26H22IN3O6. The number of carbonyl (C=O) groups is 2.